The van der Waals surface area contributed by atoms with E-state index in [2.05, 4.69) is 21.5 Å². The van der Waals surface area contributed by atoms with Crippen LogP contribution in [-0.2, 0) is 0 Å². The molecular formula is C10H13N3O2S. The van der Waals surface area contributed by atoms with E-state index in [1.807, 2.05) is 11.8 Å². The Morgan fingerprint density at radius 1 is 1.62 bits per heavy atom. The summed E-state index contributed by atoms with van der Waals surface area (Å²) in [6.07, 6.45) is 7.28. The highest BCUT2D eigenvalue weighted by atomic mass is 32.2. The zero-order valence-corrected chi connectivity index (χ0v) is 9.75. The lowest BCUT2D eigenvalue weighted by atomic mass is 10.4. The average Bonchev–Trinajstić information content (AvgIpc) is 3.07. The van der Waals surface area contributed by atoms with Gasteiger partial charge in [-0.3, -0.25) is 4.98 Å². The van der Waals surface area contributed by atoms with Crippen molar-refractivity contribution < 1.29 is 9.90 Å². The van der Waals surface area contributed by atoms with Gasteiger partial charge >= 0.3 is 5.97 Å². The molecule has 0 spiro atoms. The zero-order chi connectivity index (χ0) is 11.6. The minimum atomic E-state index is -1.05. The van der Waals surface area contributed by atoms with E-state index >= 15 is 0 Å². The van der Waals surface area contributed by atoms with Crippen LogP contribution in [0.3, 0.4) is 0 Å². The summed E-state index contributed by atoms with van der Waals surface area (Å²) >= 11 is 1.84. The first-order chi connectivity index (χ1) is 7.65. The van der Waals surface area contributed by atoms with Crippen molar-refractivity contribution in [3.05, 3.63) is 18.1 Å². The number of rotatable bonds is 5. The quantitative estimate of drug-likeness (QED) is 0.810. The Balaban J connectivity index is 1.99. The van der Waals surface area contributed by atoms with Gasteiger partial charge in [-0.15, -0.1) is 0 Å². The topological polar surface area (TPSA) is 75.1 Å². The molecule has 86 valence electrons. The first-order valence-electron chi connectivity index (χ1n) is 5.00. The summed E-state index contributed by atoms with van der Waals surface area (Å²) in [5.74, 6) is -0.526. The second-order valence-electron chi connectivity index (χ2n) is 3.84. The number of nitrogens with zero attached hydrogens (tertiary/aromatic N) is 2. The predicted molar refractivity (Wildman–Crippen MR) is 63.0 cm³/mol. The molecule has 1 aliphatic carbocycles. The SMILES string of the molecule is CSC1(CNc2cncc(C(=O)O)n2)CC1. The molecule has 16 heavy (non-hydrogen) atoms. The highest BCUT2D eigenvalue weighted by molar-refractivity contribution is 8.00. The van der Waals surface area contributed by atoms with Crippen LogP contribution in [0.2, 0.25) is 0 Å². The van der Waals surface area contributed by atoms with Gasteiger partial charge < -0.3 is 10.4 Å². The van der Waals surface area contributed by atoms with Crippen LogP contribution in [0.15, 0.2) is 12.4 Å². The van der Waals surface area contributed by atoms with Crippen molar-refractivity contribution in [2.24, 2.45) is 0 Å². The van der Waals surface area contributed by atoms with E-state index in [1.165, 1.54) is 19.0 Å². The van der Waals surface area contributed by atoms with E-state index < -0.39 is 5.97 Å². The van der Waals surface area contributed by atoms with E-state index in [4.69, 9.17) is 5.11 Å². The minimum Gasteiger partial charge on any atom is -0.476 e. The molecule has 0 amide bonds. The number of aromatic nitrogens is 2. The Morgan fingerprint density at radius 3 is 2.94 bits per heavy atom. The van der Waals surface area contributed by atoms with Crippen LogP contribution in [0.4, 0.5) is 5.82 Å². The third-order valence-corrected chi connectivity index (χ3v) is 4.10. The summed E-state index contributed by atoms with van der Waals surface area (Å²) < 4.78 is 0.320. The van der Waals surface area contributed by atoms with Gasteiger partial charge in [-0.1, -0.05) is 0 Å². The minimum absolute atomic E-state index is 0.0287. The number of nitrogens with one attached hydrogen (secondary N) is 1. The molecule has 1 aromatic heterocycles. The van der Waals surface area contributed by atoms with Gasteiger partial charge in [0, 0.05) is 11.3 Å². The van der Waals surface area contributed by atoms with Crippen LogP contribution < -0.4 is 5.32 Å². The molecule has 2 rings (SSSR count). The highest BCUT2D eigenvalue weighted by Gasteiger charge is 2.41. The number of carboxylic acid groups (broad SMARTS) is 1. The number of carboxylic acids is 1. The van der Waals surface area contributed by atoms with Crippen molar-refractivity contribution >= 4 is 23.5 Å². The monoisotopic (exact) mass is 239 g/mol. The number of thioether (sulfide) groups is 1. The highest BCUT2D eigenvalue weighted by Crippen LogP contribution is 2.46. The number of hydrogen-bond donors (Lipinski definition) is 2. The molecule has 0 bridgehead atoms. The van der Waals surface area contributed by atoms with Crippen molar-refractivity contribution in [2.45, 2.75) is 17.6 Å². The maximum atomic E-state index is 10.7. The molecule has 1 fully saturated rings. The molecule has 0 saturated heterocycles. The lowest BCUT2D eigenvalue weighted by Crippen LogP contribution is -2.18. The summed E-state index contributed by atoms with van der Waals surface area (Å²) in [7, 11) is 0. The molecule has 1 heterocycles. The number of anilines is 1. The molecular weight excluding hydrogens is 226 g/mol. The van der Waals surface area contributed by atoms with Crippen LogP contribution in [0.5, 0.6) is 0 Å². The predicted octanol–water partition coefficient (Wildman–Crippen LogP) is 1.48. The normalized spacial score (nSPS) is 16.8. The van der Waals surface area contributed by atoms with E-state index in [-0.39, 0.29) is 5.69 Å². The fraction of sp³-hybridized carbons (Fsp3) is 0.500. The Bertz CT molecular complexity index is 407. The van der Waals surface area contributed by atoms with Crippen LogP contribution in [-0.4, -0.2) is 38.6 Å². The van der Waals surface area contributed by atoms with Crippen molar-refractivity contribution in [3.63, 3.8) is 0 Å². The molecule has 6 heteroatoms. The van der Waals surface area contributed by atoms with Crippen molar-refractivity contribution in [1.82, 2.24) is 9.97 Å². The van der Waals surface area contributed by atoms with E-state index in [1.54, 1.807) is 6.20 Å². The molecule has 5 nitrogen and oxygen atoms in total. The van der Waals surface area contributed by atoms with Gasteiger partial charge in [-0.05, 0) is 19.1 Å². The Morgan fingerprint density at radius 2 is 2.38 bits per heavy atom. The van der Waals surface area contributed by atoms with Crippen molar-refractivity contribution in [2.75, 3.05) is 18.1 Å². The summed E-state index contributed by atoms with van der Waals surface area (Å²) in [5, 5.41) is 11.9. The zero-order valence-electron chi connectivity index (χ0n) is 8.93. The summed E-state index contributed by atoms with van der Waals surface area (Å²) in [5.41, 5.74) is -0.0287. The molecule has 0 radical (unpaired) electrons. The summed E-state index contributed by atoms with van der Waals surface area (Å²) in [6, 6.07) is 0. The van der Waals surface area contributed by atoms with Gasteiger partial charge in [0.2, 0.25) is 0 Å². The fourth-order valence-corrected chi connectivity index (χ4v) is 2.13. The third kappa shape index (κ3) is 2.44. The van der Waals surface area contributed by atoms with Crippen LogP contribution >= 0.6 is 11.8 Å². The number of carbonyl (C=O) groups is 1. The second-order valence-corrected chi connectivity index (χ2v) is 5.11. The summed E-state index contributed by atoms with van der Waals surface area (Å²) in [6.45, 7) is 0.811. The molecule has 1 aromatic rings. The standard InChI is InChI=1S/C10H13N3O2S/c1-16-10(2-3-10)6-12-8-5-11-4-7(13-8)9(14)15/h4-5H,2-3,6H2,1H3,(H,12,13)(H,14,15). The van der Waals surface area contributed by atoms with Gasteiger partial charge in [0.25, 0.3) is 0 Å². The maximum absolute atomic E-state index is 10.7. The molecule has 0 aliphatic heterocycles. The van der Waals surface area contributed by atoms with Crippen molar-refractivity contribution in [3.8, 4) is 0 Å². The van der Waals surface area contributed by atoms with Gasteiger partial charge in [0.1, 0.15) is 5.82 Å². The number of hydrogen-bond acceptors (Lipinski definition) is 5. The Labute approximate surface area is 97.7 Å². The van der Waals surface area contributed by atoms with E-state index in [0.717, 1.165) is 6.54 Å². The molecule has 0 aromatic carbocycles. The molecule has 1 saturated carbocycles. The molecule has 2 N–H and O–H groups in total. The van der Waals surface area contributed by atoms with E-state index in [0.29, 0.717) is 10.6 Å². The maximum Gasteiger partial charge on any atom is 0.356 e. The van der Waals surface area contributed by atoms with Crippen LogP contribution in [0.1, 0.15) is 23.3 Å². The second kappa shape index (κ2) is 4.29. The van der Waals surface area contributed by atoms with Gasteiger partial charge in [-0.2, -0.15) is 11.8 Å². The summed E-state index contributed by atoms with van der Waals surface area (Å²) in [4.78, 5) is 18.5. The van der Waals surface area contributed by atoms with E-state index in [9.17, 15) is 4.79 Å². The first-order valence-corrected chi connectivity index (χ1v) is 6.22. The molecule has 0 unspecified atom stereocenters. The fourth-order valence-electron chi connectivity index (χ4n) is 1.40. The van der Waals surface area contributed by atoms with Crippen molar-refractivity contribution in [1.29, 1.82) is 0 Å². The lowest BCUT2D eigenvalue weighted by molar-refractivity contribution is 0.0690. The Kier molecular flexibility index (Phi) is 3.00. The van der Waals surface area contributed by atoms with Gasteiger partial charge in [-0.25, -0.2) is 9.78 Å². The largest absolute Gasteiger partial charge is 0.476 e. The Hall–Kier alpha value is -1.30. The van der Waals surface area contributed by atoms with Gasteiger partial charge in [0.05, 0.1) is 12.4 Å². The smallest absolute Gasteiger partial charge is 0.356 e. The van der Waals surface area contributed by atoms with Gasteiger partial charge in [0.15, 0.2) is 5.69 Å². The molecule has 0 atom stereocenters. The van der Waals surface area contributed by atoms with Crippen LogP contribution in [0, 0.1) is 0 Å². The number of aromatic carboxylic acids is 1. The first kappa shape index (κ1) is 11.2. The molecule has 1 aliphatic rings. The average molecular weight is 239 g/mol. The lowest BCUT2D eigenvalue weighted by Gasteiger charge is -2.13. The third-order valence-electron chi connectivity index (χ3n) is 2.69. The van der Waals surface area contributed by atoms with Crippen LogP contribution in [0.25, 0.3) is 0 Å².